The van der Waals surface area contributed by atoms with Gasteiger partial charge in [0.25, 0.3) is 11.8 Å². The smallest absolute Gasteiger partial charge is 0.265 e. The molecule has 1 fully saturated rings. The van der Waals surface area contributed by atoms with Crippen LogP contribution in [0, 0.1) is 0 Å². The third kappa shape index (κ3) is 2.99. The van der Waals surface area contributed by atoms with Crippen LogP contribution in [-0.2, 0) is 9.59 Å². The maximum atomic E-state index is 12.3. The zero-order valence-corrected chi connectivity index (χ0v) is 12.6. The van der Waals surface area contributed by atoms with E-state index >= 15 is 0 Å². The van der Waals surface area contributed by atoms with Crippen LogP contribution in [-0.4, -0.2) is 40.6 Å². The lowest BCUT2D eigenvalue weighted by molar-refractivity contribution is -0.128. The van der Waals surface area contributed by atoms with Crippen LogP contribution >= 0.6 is 12.2 Å². The van der Waals surface area contributed by atoms with Gasteiger partial charge in [0.15, 0.2) is 16.6 Å². The minimum absolute atomic E-state index is 0.0460. The van der Waals surface area contributed by atoms with Crippen molar-refractivity contribution in [2.75, 3.05) is 13.7 Å². The number of benzene rings is 1. The monoisotopic (exact) mass is 318 g/mol. The third-order valence-corrected chi connectivity index (χ3v) is 3.33. The molecule has 0 saturated carbocycles. The maximum Gasteiger partial charge on any atom is 0.265 e. The lowest BCUT2D eigenvalue weighted by Crippen LogP contribution is -2.53. The van der Waals surface area contributed by atoms with Gasteiger partial charge < -0.3 is 9.84 Å². The number of thiocarbonyl (C=S) groups is 1. The standard InChI is InChI=1S/C15H14N2O4S/c1-3-6-17-14(20)10(13(19)16-15(17)22)7-9-4-5-12(21-2)11(18)8-9/h3-5,7-8,18H,1,6H2,2H3,(H,16,19,22)/b10-7-. The summed E-state index contributed by atoms with van der Waals surface area (Å²) in [7, 11) is 1.43. The van der Waals surface area contributed by atoms with Crippen molar-refractivity contribution >= 4 is 35.2 Å². The van der Waals surface area contributed by atoms with E-state index in [1.54, 1.807) is 12.1 Å². The van der Waals surface area contributed by atoms with Gasteiger partial charge in [-0.1, -0.05) is 12.1 Å². The minimum Gasteiger partial charge on any atom is -0.504 e. The van der Waals surface area contributed by atoms with E-state index in [1.807, 2.05) is 0 Å². The van der Waals surface area contributed by atoms with Crippen molar-refractivity contribution in [2.24, 2.45) is 0 Å². The molecule has 2 N–H and O–H groups in total. The number of carbonyl (C=O) groups is 2. The van der Waals surface area contributed by atoms with Gasteiger partial charge in [0.1, 0.15) is 5.57 Å². The first-order chi connectivity index (χ1) is 10.5. The topological polar surface area (TPSA) is 78.9 Å². The third-order valence-electron chi connectivity index (χ3n) is 3.01. The largest absolute Gasteiger partial charge is 0.504 e. The number of carbonyl (C=O) groups excluding carboxylic acids is 2. The Kier molecular flexibility index (Phi) is 4.57. The van der Waals surface area contributed by atoms with Crippen molar-refractivity contribution < 1.29 is 19.4 Å². The van der Waals surface area contributed by atoms with E-state index in [1.165, 1.54) is 30.2 Å². The number of hydrogen-bond donors (Lipinski definition) is 2. The van der Waals surface area contributed by atoms with E-state index in [2.05, 4.69) is 11.9 Å². The first-order valence-corrected chi connectivity index (χ1v) is 6.75. The summed E-state index contributed by atoms with van der Waals surface area (Å²) in [6, 6.07) is 4.56. The van der Waals surface area contributed by atoms with Gasteiger partial charge in [-0.15, -0.1) is 6.58 Å². The molecule has 114 valence electrons. The molecule has 0 aliphatic carbocycles. The minimum atomic E-state index is -0.578. The summed E-state index contributed by atoms with van der Waals surface area (Å²) in [6.45, 7) is 3.75. The highest BCUT2D eigenvalue weighted by atomic mass is 32.1. The molecule has 0 radical (unpaired) electrons. The normalized spacial score (nSPS) is 16.7. The second-order valence-electron chi connectivity index (χ2n) is 4.45. The first-order valence-electron chi connectivity index (χ1n) is 6.34. The van der Waals surface area contributed by atoms with Crippen LogP contribution in [0.25, 0.3) is 6.08 Å². The molecule has 2 rings (SSSR count). The van der Waals surface area contributed by atoms with Crippen LogP contribution in [0.3, 0.4) is 0 Å². The van der Waals surface area contributed by atoms with Gasteiger partial charge >= 0.3 is 0 Å². The zero-order valence-electron chi connectivity index (χ0n) is 11.8. The number of amides is 2. The Balaban J connectivity index is 2.38. The predicted molar refractivity (Wildman–Crippen MR) is 85.3 cm³/mol. The SMILES string of the molecule is C=CCN1C(=O)/C(=C\c2ccc(OC)c(O)c2)C(=O)NC1=S. The van der Waals surface area contributed by atoms with E-state index in [0.717, 1.165) is 0 Å². The summed E-state index contributed by atoms with van der Waals surface area (Å²) in [5.74, 6) is -0.871. The molecular weight excluding hydrogens is 304 g/mol. The number of rotatable bonds is 4. The van der Waals surface area contributed by atoms with E-state index in [4.69, 9.17) is 17.0 Å². The fourth-order valence-corrected chi connectivity index (χ4v) is 2.20. The van der Waals surface area contributed by atoms with Gasteiger partial charge in [0.05, 0.1) is 7.11 Å². The number of phenolic OH excluding ortho intramolecular Hbond substituents is 1. The van der Waals surface area contributed by atoms with Crippen molar-refractivity contribution in [2.45, 2.75) is 0 Å². The fourth-order valence-electron chi connectivity index (χ4n) is 1.95. The van der Waals surface area contributed by atoms with Crippen molar-refractivity contribution in [3.63, 3.8) is 0 Å². The Morgan fingerprint density at radius 3 is 2.77 bits per heavy atom. The molecule has 1 aliphatic rings. The summed E-state index contributed by atoms with van der Waals surface area (Å²) in [5, 5.41) is 12.2. The molecule has 1 aromatic carbocycles. The van der Waals surface area contributed by atoms with Crippen LogP contribution < -0.4 is 10.1 Å². The predicted octanol–water partition coefficient (Wildman–Crippen LogP) is 1.21. The summed E-state index contributed by atoms with van der Waals surface area (Å²) < 4.78 is 4.94. The molecule has 1 aliphatic heterocycles. The Bertz CT molecular complexity index is 697. The van der Waals surface area contributed by atoms with E-state index < -0.39 is 11.8 Å². The molecule has 7 heteroatoms. The molecule has 1 aromatic rings. The van der Waals surface area contributed by atoms with Crippen molar-refractivity contribution in [1.82, 2.24) is 10.2 Å². The van der Waals surface area contributed by atoms with Gasteiger partial charge in [-0.25, -0.2) is 0 Å². The fraction of sp³-hybridized carbons (Fsp3) is 0.133. The molecule has 0 atom stereocenters. The Hall–Kier alpha value is -2.67. The zero-order chi connectivity index (χ0) is 16.3. The molecule has 6 nitrogen and oxygen atoms in total. The molecule has 1 heterocycles. The summed E-state index contributed by atoms with van der Waals surface area (Å²) in [6.07, 6.45) is 2.90. The molecule has 0 bridgehead atoms. The Morgan fingerprint density at radius 2 is 2.18 bits per heavy atom. The number of hydrogen-bond acceptors (Lipinski definition) is 5. The van der Waals surface area contributed by atoms with Gasteiger partial charge in [-0.3, -0.25) is 19.8 Å². The van der Waals surface area contributed by atoms with Crippen molar-refractivity contribution in [3.8, 4) is 11.5 Å². The molecule has 0 aromatic heterocycles. The van der Waals surface area contributed by atoms with Crippen LogP contribution in [0.4, 0.5) is 0 Å². The highest BCUT2D eigenvalue weighted by molar-refractivity contribution is 7.80. The number of methoxy groups -OCH3 is 1. The second kappa shape index (κ2) is 6.40. The highest BCUT2D eigenvalue weighted by Crippen LogP contribution is 2.27. The number of aromatic hydroxyl groups is 1. The quantitative estimate of drug-likeness (QED) is 0.378. The van der Waals surface area contributed by atoms with Crippen LogP contribution in [0.15, 0.2) is 36.4 Å². The lowest BCUT2D eigenvalue weighted by atomic mass is 10.1. The molecule has 22 heavy (non-hydrogen) atoms. The van der Waals surface area contributed by atoms with E-state index in [0.29, 0.717) is 11.3 Å². The molecule has 0 spiro atoms. The van der Waals surface area contributed by atoms with Crippen molar-refractivity contribution in [1.29, 1.82) is 0 Å². The Labute approximate surface area is 132 Å². The van der Waals surface area contributed by atoms with E-state index in [9.17, 15) is 14.7 Å². The number of nitrogens with one attached hydrogen (secondary N) is 1. The lowest BCUT2D eigenvalue weighted by Gasteiger charge is -2.27. The average Bonchev–Trinajstić information content (AvgIpc) is 2.48. The second-order valence-corrected chi connectivity index (χ2v) is 4.84. The van der Waals surface area contributed by atoms with Gasteiger partial charge in [0.2, 0.25) is 0 Å². The number of phenols is 1. The maximum absolute atomic E-state index is 12.3. The highest BCUT2D eigenvalue weighted by Gasteiger charge is 2.32. The van der Waals surface area contributed by atoms with Gasteiger partial charge in [-0.05, 0) is 36.0 Å². The molecule has 2 amide bonds. The number of nitrogens with zero attached hydrogens (tertiary/aromatic N) is 1. The first kappa shape index (κ1) is 15.7. The van der Waals surface area contributed by atoms with Crippen molar-refractivity contribution in [3.05, 3.63) is 42.0 Å². The van der Waals surface area contributed by atoms with E-state index in [-0.39, 0.29) is 23.0 Å². The Morgan fingerprint density at radius 1 is 1.45 bits per heavy atom. The summed E-state index contributed by atoms with van der Waals surface area (Å²) in [4.78, 5) is 25.5. The van der Waals surface area contributed by atoms with Crippen LogP contribution in [0.5, 0.6) is 11.5 Å². The molecule has 0 unspecified atom stereocenters. The summed E-state index contributed by atoms with van der Waals surface area (Å²) >= 11 is 4.96. The van der Waals surface area contributed by atoms with Gasteiger partial charge in [0, 0.05) is 6.54 Å². The van der Waals surface area contributed by atoms with Gasteiger partial charge in [-0.2, -0.15) is 0 Å². The van der Waals surface area contributed by atoms with Crippen LogP contribution in [0.2, 0.25) is 0 Å². The molecular formula is C15H14N2O4S. The molecule has 1 saturated heterocycles. The average molecular weight is 318 g/mol. The number of ether oxygens (including phenoxy) is 1. The summed E-state index contributed by atoms with van der Waals surface area (Å²) in [5.41, 5.74) is 0.420. The van der Waals surface area contributed by atoms with Crippen LogP contribution in [0.1, 0.15) is 5.56 Å².